The molecule has 1 amide bonds. The van der Waals surface area contributed by atoms with E-state index in [-0.39, 0.29) is 5.91 Å². The van der Waals surface area contributed by atoms with Crippen molar-refractivity contribution in [2.45, 2.75) is 50.7 Å². The molecule has 1 aromatic rings. The third-order valence-corrected chi connectivity index (χ3v) is 4.55. The second kappa shape index (κ2) is 5.54. The molecule has 0 spiro atoms. The van der Waals surface area contributed by atoms with Crippen LogP contribution >= 0.6 is 0 Å². The number of aryl methyl sites for hydroxylation is 1. The summed E-state index contributed by atoms with van der Waals surface area (Å²) in [5, 5.41) is 3.00. The van der Waals surface area contributed by atoms with Crippen molar-refractivity contribution >= 4 is 11.6 Å². The van der Waals surface area contributed by atoms with Gasteiger partial charge in [-0.2, -0.15) is 0 Å². The first kappa shape index (κ1) is 13.6. The molecule has 0 aliphatic carbocycles. The first-order valence-corrected chi connectivity index (χ1v) is 7.49. The van der Waals surface area contributed by atoms with Crippen LogP contribution in [-0.2, 0) is 4.79 Å². The molecular weight excluding hydrogens is 250 g/mol. The van der Waals surface area contributed by atoms with E-state index in [1.165, 1.54) is 12.8 Å². The maximum atomic E-state index is 12.2. The highest BCUT2D eigenvalue weighted by Crippen LogP contribution is 2.34. The fourth-order valence-corrected chi connectivity index (χ4v) is 3.66. The summed E-state index contributed by atoms with van der Waals surface area (Å²) in [5.74, 6) is 0.0861. The number of hydrogen-bond donors (Lipinski definition) is 2. The molecule has 4 nitrogen and oxygen atoms in total. The first-order chi connectivity index (χ1) is 9.61. The van der Waals surface area contributed by atoms with Gasteiger partial charge in [-0.3, -0.25) is 9.69 Å². The van der Waals surface area contributed by atoms with Gasteiger partial charge in [-0.1, -0.05) is 12.1 Å². The molecule has 0 radical (unpaired) electrons. The van der Waals surface area contributed by atoms with E-state index in [2.05, 4.69) is 10.2 Å². The zero-order chi connectivity index (χ0) is 14.1. The zero-order valence-corrected chi connectivity index (χ0v) is 12.0. The Kier molecular flexibility index (Phi) is 3.76. The number of fused-ring (bicyclic) bond motifs is 2. The molecule has 2 unspecified atom stereocenters. The second-order valence-corrected chi connectivity index (χ2v) is 6.21. The van der Waals surface area contributed by atoms with Crippen LogP contribution in [0, 0.1) is 6.92 Å². The number of rotatable bonds is 3. The molecule has 20 heavy (non-hydrogen) atoms. The zero-order valence-electron chi connectivity index (χ0n) is 12.0. The van der Waals surface area contributed by atoms with Gasteiger partial charge in [-0.15, -0.1) is 0 Å². The van der Waals surface area contributed by atoms with Crippen LogP contribution in [0.25, 0.3) is 0 Å². The van der Waals surface area contributed by atoms with Crippen LogP contribution in [0.1, 0.15) is 31.2 Å². The van der Waals surface area contributed by atoms with E-state index < -0.39 is 0 Å². The molecule has 0 aromatic heterocycles. The Hall–Kier alpha value is -1.39. The van der Waals surface area contributed by atoms with Gasteiger partial charge in [-0.05, 0) is 50.3 Å². The Balaban J connectivity index is 1.60. The maximum absolute atomic E-state index is 12.2. The molecule has 3 rings (SSSR count). The normalized spacial score (nSPS) is 29.4. The quantitative estimate of drug-likeness (QED) is 0.884. The number of amides is 1. The molecule has 3 N–H and O–H groups in total. The van der Waals surface area contributed by atoms with Gasteiger partial charge < -0.3 is 11.1 Å². The molecule has 4 heteroatoms. The number of nitrogens with zero attached hydrogens (tertiary/aromatic N) is 1. The third kappa shape index (κ3) is 2.86. The van der Waals surface area contributed by atoms with Crippen LogP contribution in [-0.4, -0.2) is 35.5 Å². The van der Waals surface area contributed by atoms with Crippen molar-refractivity contribution in [1.29, 1.82) is 0 Å². The van der Waals surface area contributed by atoms with Gasteiger partial charge in [0.1, 0.15) is 0 Å². The molecule has 2 aliphatic heterocycles. The monoisotopic (exact) mass is 273 g/mol. The summed E-state index contributed by atoms with van der Waals surface area (Å²) in [6.07, 6.45) is 4.45. The Morgan fingerprint density at radius 2 is 2.05 bits per heavy atom. The van der Waals surface area contributed by atoms with Gasteiger partial charge in [0.15, 0.2) is 0 Å². The van der Waals surface area contributed by atoms with Crippen LogP contribution in [0.3, 0.4) is 0 Å². The minimum absolute atomic E-state index is 0.0861. The van der Waals surface area contributed by atoms with E-state index >= 15 is 0 Å². The summed E-state index contributed by atoms with van der Waals surface area (Å²) in [6.45, 7) is 2.53. The van der Waals surface area contributed by atoms with Gasteiger partial charge in [0.2, 0.25) is 5.91 Å². The predicted molar refractivity (Wildman–Crippen MR) is 80.5 cm³/mol. The van der Waals surface area contributed by atoms with Crippen LogP contribution in [0.15, 0.2) is 24.3 Å². The summed E-state index contributed by atoms with van der Waals surface area (Å²) in [4.78, 5) is 14.6. The van der Waals surface area contributed by atoms with Crippen molar-refractivity contribution in [3.8, 4) is 0 Å². The van der Waals surface area contributed by atoms with Gasteiger partial charge in [0, 0.05) is 23.8 Å². The van der Waals surface area contributed by atoms with Crippen LogP contribution in [0.2, 0.25) is 0 Å². The number of nitrogens with two attached hydrogens (primary N) is 1. The molecule has 2 heterocycles. The number of carbonyl (C=O) groups is 1. The molecule has 2 saturated heterocycles. The van der Waals surface area contributed by atoms with Gasteiger partial charge in [0.25, 0.3) is 0 Å². The van der Waals surface area contributed by atoms with Crippen LogP contribution < -0.4 is 11.1 Å². The molecule has 108 valence electrons. The molecular formula is C16H23N3O. The standard InChI is InChI=1S/C16H23N3O/c1-11-3-2-4-13(7-11)18-16(20)10-19-14-5-6-15(19)9-12(17)8-14/h2-4,7,12,14-15H,5-6,8-10,17H2,1H3,(H,18,20). The van der Waals surface area contributed by atoms with Crippen molar-refractivity contribution in [2.75, 3.05) is 11.9 Å². The van der Waals surface area contributed by atoms with Crippen molar-refractivity contribution in [3.63, 3.8) is 0 Å². The highest BCUT2D eigenvalue weighted by atomic mass is 16.2. The third-order valence-electron chi connectivity index (χ3n) is 4.55. The molecule has 1 aromatic carbocycles. The Bertz CT molecular complexity index is 488. The lowest BCUT2D eigenvalue weighted by atomic mass is 9.98. The average Bonchev–Trinajstić information content (AvgIpc) is 2.62. The summed E-state index contributed by atoms with van der Waals surface area (Å²) >= 11 is 0. The summed E-state index contributed by atoms with van der Waals surface area (Å²) < 4.78 is 0. The van der Waals surface area contributed by atoms with Crippen molar-refractivity contribution < 1.29 is 4.79 Å². The van der Waals surface area contributed by atoms with E-state index in [0.717, 1.165) is 24.1 Å². The van der Waals surface area contributed by atoms with E-state index in [9.17, 15) is 4.79 Å². The minimum atomic E-state index is 0.0861. The fourth-order valence-electron chi connectivity index (χ4n) is 3.66. The number of benzene rings is 1. The topological polar surface area (TPSA) is 58.4 Å². The maximum Gasteiger partial charge on any atom is 0.238 e. The number of nitrogens with one attached hydrogen (secondary N) is 1. The highest BCUT2D eigenvalue weighted by molar-refractivity contribution is 5.92. The molecule has 2 bridgehead atoms. The van der Waals surface area contributed by atoms with Gasteiger partial charge >= 0.3 is 0 Å². The lowest BCUT2D eigenvalue weighted by Gasteiger charge is -2.37. The Labute approximate surface area is 120 Å². The summed E-state index contributed by atoms with van der Waals surface area (Å²) in [6, 6.07) is 9.27. The van der Waals surface area contributed by atoms with Crippen LogP contribution in [0.5, 0.6) is 0 Å². The highest BCUT2D eigenvalue weighted by Gasteiger charge is 2.40. The summed E-state index contributed by atoms with van der Waals surface area (Å²) in [7, 11) is 0. The second-order valence-electron chi connectivity index (χ2n) is 6.21. The smallest absolute Gasteiger partial charge is 0.238 e. The number of carbonyl (C=O) groups excluding carboxylic acids is 1. The van der Waals surface area contributed by atoms with E-state index in [1.54, 1.807) is 0 Å². The fraction of sp³-hybridized carbons (Fsp3) is 0.562. The number of anilines is 1. The Morgan fingerprint density at radius 1 is 1.35 bits per heavy atom. The Morgan fingerprint density at radius 3 is 2.70 bits per heavy atom. The lowest BCUT2D eigenvalue weighted by molar-refractivity contribution is -0.118. The number of piperidine rings is 1. The van der Waals surface area contributed by atoms with E-state index in [4.69, 9.17) is 5.73 Å². The lowest BCUT2D eigenvalue weighted by Crippen LogP contribution is -2.49. The largest absolute Gasteiger partial charge is 0.328 e. The van der Waals surface area contributed by atoms with E-state index in [0.29, 0.717) is 24.7 Å². The van der Waals surface area contributed by atoms with Gasteiger partial charge in [-0.25, -0.2) is 0 Å². The SMILES string of the molecule is Cc1cccc(NC(=O)CN2C3CCC2CC(N)C3)c1. The van der Waals surface area contributed by atoms with Crippen LogP contribution in [0.4, 0.5) is 5.69 Å². The summed E-state index contributed by atoms with van der Waals surface area (Å²) in [5.41, 5.74) is 8.11. The van der Waals surface area contributed by atoms with E-state index in [1.807, 2.05) is 31.2 Å². The first-order valence-electron chi connectivity index (χ1n) is 7.49. The van der Waals surface area contributed by atoms with Gasteiger partial charge in [0.05, 0.1) is 6.54 Å². The van der Waals surface area contributed by atoms with Crippen molar-refractivity contribution in [1.82, 2.24) is 4.90 Å². The van der Waals surface area contributed by atoms with Crippen molar-refractivity contribution in [3.05, 3.63) is 29.8 Å². The molecule has 2 aliphatic rings. The molecule has 2 atom stereocenters. The number of hydrogen-bond acceptors (Lipinski definition) is 3. The average molecular weight is 273 g/mol. The minimum Gasteiger partial charge on any atom is -0.328 e. The van der Waals surface area contributed by atoms with Crippen molar-refractivity contribution in [2.24, 2.45) is 5.73 Å². The predicted octanol–water partition coefficient (Wildman–Crippen LogP) is 1.89. The molecule has 2 fully saturated rings. The molecule has 0 saturated carbocycles.